The van der Waals surface area contributed by atoms with Crippen molar-refractivity contribution in [3.05, 3.63) is 0 Å². The molecule has 0 heterocycles. The van der Waals surface area contributed by atoms with Crippen LogP contribution < -0.4 is 4.72 Å². The molecule has 0 aliphatic heterocycles. The Kier molecular flexibility index (Phi) is 6.62. The average molecular weight is 340 g/mol. The van der Waals surface area contributed by atoms with Crippen LogP contribution in [0.5, 0.6) is 0 Å². The van der Waals surface area contributed by atoms with Gasteiger partial charge in [0.2, 0.25) is 10.0 Å². The van der Waals surface area contributed by atoms with E-state index in [1.54, 1.807) is 0 Å². The first-order valence-corrected chi connectivity index (χ1v) is 9.71. The van der Waals surface area contributed by atoms with E-state index < -0.39 is 10.0 Å². The first kappa shape index (κ1) is 16.4. The summed E-state index contributed by atoms with van der Waals surface area (Å²) in [4.78, 5) is 0. The zero-order chi connectivity index (χ0) is 13.6. The van der Waals surface area contributed by atoms with E-state index in [4.69, 9.17) is 0 Å². The Balaban J connectivity index is 2.59. The molecular weight excluding hydrogens is 314 g/mol. The second-order valence-corrected chi connectivity index (χ2v) is 8.07. The van der Waals surface area contributed by atoms with Crippen LogP contribution in [-0.2, 0) is 10.0 Å². The van der Waals surface area contributed by atoms with Crippen LogP contribution in [0.1, 0.15) is 58.8 Å². The molecule has 1 fully saturated rings. The minimum atomic E-state index is -3.12. The largest absolute Gasteiger partial charge is 0.214 e. The summed E-state index contributed by atoms with van der Waals surface area (Å²) in [6.45, 7) is 4.81. The topological polar surface area (TPSA) is 46.2 Å². The fourth-order valence-electron chi connectivity index (χ4n) is 2.48. The lowest BCUT2D eigenvalue weighted by atomic mass is 9.85. The van der Waals surface area contributed by atoms with Gasteiger partial charge in [-0.15, -0.1) is 0 Å². The molecule has 0 bridgehead atoms. The number of halogens is 1. The second-order valence-electron chi connectivity index (χ2n) is 5.47. The van der Waals surface area contributed by atoms with Crippen molar-refractivity contribution >= 4 is 26.0 Å². The van der Waals surface area contributed by atoms with Crippen LogP contribution in [0.2, 0.25) is 0 Å². The molecule has 0 aromatic rings. The lowest BCUT2D eigenvalue weighted by Gasteiger charge is -2.31. The molecule has 1 aliphatic carbocycles. The van der Waals surface area contributed by atoms with Gasteiger partial charge in [-0.3, -0.25) is 0 Å². The smallest absolute Gasteiger partial charge is 0.214 e. The number of rotatable bonds is 7. The van der Waals surface area contributed by atoms with Crippen molar-refractivity contribution in [1.82, 2.24) is 4.72 Å². The Bertz CT molecular complexity index is 325. The maximum atomic E-state index is 12.3. The summed E-state index contributed by atoms with van der Waals surface area (Å²) in [5, 5.41) is 0.688. The van der Waals surface area contributed by atoms with Crippen LogP contribution in [0.25, 0.3) is 0 Å². The molecule has 0 atom stereocenters. The quantitative estimate of drug-likeness (QED) is 0.722. The molecule has 0 aromatic heterocycles. The zero-order valence-electron chi connectivity index (χ0n) is 11.5. The number of nitrogens with one attached hydrogen (secondary N) is 1. The molecule has 0 amide bonds. The molecule has 1 saturated carbocycles. The van der Waals surface area contributed by atoms with Gasteiger partial charge in [-0.25, -0.2) is 13.1 Å². The fraction of sp³-hybridized carbons (Fsp3) is 1.00. The van der Waals surface area contributed by atoms with Gasteiger partial charge >= 0.3 is 0 Å². The lowest BCUT2D eigenvalue weighted by Crippen LogP contribution is -2.42. The van der Waals surface area contributed by atoms with Crippen molar-refractivity contribution in [3.8, 4) is 0 Å². The van der Waals surface area contributed by atoms with Crippen molar-refractivity contribution in [3.63, 3.8) is 0 Å². The highest BCUT2D eigenvalue weighted by molar-refractivity contribution is 9.09. The number of hydrogen-bond donors (Lipinski definition) is 1. The summed E-state index contributed by atoms with van der Waals surface area (Å²) in [6, 6.07) is 0. The van der Waals surface area contributed by atoms with Gasteiger partial charge in [-0.05, 0) is 31.1 Å². The van der Waals surface area contributed by atoms with Crippen LogP contribution in [0.3, 0.4) is 0 Å². The minimum Gasteiger partial charge on any atom is -0.214 e. The number of hydrogen-bond acceptors (Lipinski definition) is 2. The molecule has 5 heteroatoms. The van der Waals surface area contributed by atoms with Crippen LogP contribution >= 0.6 is 15.9 Å². The van der Waals surface area contributed by atoms with Crippen LogP contribution in [0.4, 0.5) is 0 Å². The molecule has 3 nitrogen and oxygen atoms in total. The number of alkyl halides is 1. The molecule has 0 radical (unpaired) electrons. The highest BCUT2D eigenvalue weighted by Crippen LogP contribution is 2.29. The van der Waals surface area contributed by atoms with Crippen molar-refractivity contribution in [2.45, 2.75) is 64.0 Å². The summed E-state index contributed by atoms with van der Waals surface area (Å²) in [7, 11) is -3.12. The molecule has 1 N–H and O–H groups in total. The van der Waals surface area contributed by atoms with Crippen LogP contribution in [-0.4, -0.2) is 25.5 Å². The Labute approximate surface area is 120 Å². The van der Waals surface area contributed by atoms with Gasteiger partial charge < -0.3 is 0 Å². The van der Waals surface area contributed by atoms with E-state index in [2.05, 4.69) is 34.5 Å². The predicted molar refractivity (Wildman–Crippen MR) is 80.6 cm³/mol. The summed E-state index contributed by atoms with van der Waals surface area (Å²) in [5.41, 5.74) is 0.0573. The monoisotopic (exact) mass is 339 g/mol. The highest BCUT2D eigenvalue weighted by Gasteiger charge is 2.31. The molecule has 1 rings (SSSR count). The Morgan fingerprint density at radius 3 is 2.17 bits per heavy atom. The minimum absolute atomic E-state index is 0.0573. The average Bonchev–Trinajstić information content (AvgIpc) is 2.42. The van der Waals surface area contributed by atoms with Gasteiger partial charge in [-0.1, -0.05) is 49.0 Å². The van der Waals surface area contributed by atoms with Crippen molar-refractivity contribution < 1.29 is 8.42 Å². The summed E-state index contributed by atoms with van der Waals surface area (Å²) in [6.07, 6.45) is 6.92. The third kappa shape index (κ3) is 4.20. The van der Waals surface area contributed by atoms with Crippen molar-refractivity contribution in [1.29, 1.82) is 0 Å². The van der Waals surface area contributed by atoms with Crippen LogP contribution in [0.15, 0.2) is 0 Å². The van der Waals surface area contributed by atoms with Gasteiger partial charge in [0.05, 0.1) is 5.25 Å². The zero-order valence-corrected chi connectivity index (χ0v) is 13.9. The molecule has 108 valence electrons. The third-order valence-electron chi connectivity index (χ3n) is 4.42. The molecule has 0 unspecified atom stereocenters. The van der Waals surface area contributed by atoms with E-state index in [0.717, 1.165) is 43.9 Å². The Morgan fingerprint density at radius 2 is 1.72 bits per heavy atom. The van der Waals surface area contributed by atoms with E-state index in [1.165, 1.54) is 6.42 Å². The fourth-order valence-corrected chi connectivity index (χ4v) is 5.17. The van der Waals surface area contributed by atoms with Crippen molar-refractivity contribution in [2.75, 3.05) is 11.9 Å². The number of sulfonamides is 1. The Morgan fingerprint density at radius 1 is 1.17 bits per heavy atom. The standard InChI is InChI=1S/C13H26BrNO2S/c1-3-13(4-2,10-14)11-15-18(16,17)12-8-6-5-7-9-12/h12,15H,3-11H2,1-2H3. The SMILES string of the molecule is CCC(CC)(CBr)CNS(=O)(=O)C1CCCCC1. The van der Waals surface area contributed by atoms with E-state index in [9.17, 15) is 8.42 Å². The molecule has 0 aromatic carbocycles. The molecule has 0 saturated heterocycles. The van der Waals surface area contributed by atoms with Gasteiger partial charge in [0, 0.05) is 11.9 Å². The first-order chi connectivity index (χ1) is 8.49. The molecular formula is C13H26BrNO2S. The molecule has 0 spiro atoms. The normalized spacial score (nSPS) is 19.1. The third-order valence-corrected chi connectivity index (χ3v) is 7.51. The Hall–Kier alpha value is 0.390. The van der Waals surface area contributed by atoms with Crippen LogP contribution in [0, 0.1) is 5.41 Å². The molecule has 18 heavy (non-hydrogen) atoms. The summed E-state index contributed by atoms with van der Waals surface area (Å²) >= 11 is 3.52. The van der Waals surface area contributed by atoms with E-state index in [1.807, 2.05) is 0 Å². The van der Waals surface area contributed by atoms with Crippen molar-refractivity contribution in [2.24, 2.45) is 5.41 Å². The molecule has 1 aliphatic rings. The maximum Gasteiger partial charge on any atom is 0.214 e. The van der Waals surface area contributed by atoms with Gasteiger partial charge in [0.25, 0.3) is 0 Å². The second kappa shape index (κ2) is 7.25. The first-order valence-electron chi connectivity index (χ1n) is 7.04. The van der Waals surface area contributed by atoms with E-state index in [-0.39, 0.29) is 10.7 Å². The van der Waals surface area contributed by atoms with Gasteiger partial charge in [0.15, 0.2) is 0 Å². The predicted octanol–water partition coefficient (Wildman–Crippen LogP) is 3.44. The summed E-state index contributed by atoms with van der Waals surface area (Å²) in [5.74, 6) is 0. The lowest BCUT2D eigenvalue weighted by molar-refractivity contribution is 0.308. The van der Waals surface area contributed by atoms with E-state index >= 15 is 0 Å². The van der Waals surface area contributed by atoms with Gasteiger partial charge in [-0.2, -0.15) is 0 Å². The van der Waals surface area contributed by atoms with Gasteiger partial charge in [0.1, 0.15) is 0 Å². The summed E-state index contributed by atoms with van der Waals surface area (Å²) < 4.78 is 27.4. The maximum absolute atomic E-state index is 12.3. The highest BCUT2D eigenvalue weighted by atomic mass is 79.9. The van der Waals surface area contributed by atoms with E-state index in [0.29, 0.717) is 6.54 Å².